The standard InChI is InChI=1S/C17H14F2N2O7/c1-25-12-3-2-9(6-15(12)28-17(18)19)20-16(22)10-7-13-14(27-5-4-26-13)8-11(10)21(23)24/h2-3,6-8,17H,4-5H2,1H3,(H,20,22). The number of carbonyl (C=O) groups excluding carboxylic acids is 1. The van der Waals surface area contributed by atoms with Crippen molar-refractivity contribution in [3.63, 3.8) is 0 Å². The zero-order valence-electron chi connectivity index (χ0n) is 14.4. The van der Waals surface area contributed by atoms with Crippen molar-refractivity contribution in [2.45, 2.75) is 6.61 Å². The van der Waals surface area contributed by atoms with E-state index in [1.54, 1.807) is 0 Å². The van der Waals surface area contributed by atoms with Crippen molar-refractivity contribution in [2.75, 3.05) is 25.6 Å². The number of nitro groups is 1. The molecule has 1 heterocycles. The number of ether oxygens (including phenoxy) is 4. The molecule has 148 valence electrons. The van der Waals surface area contributed by atoms with Crippen LogP contribution in [0.1, 0.15) is 10.4 Å². The Labute approximate surface area is 156 Å². The molecule has 0 bridgehead atoms. The van der Waals surface area contributed by atoms with Gasteiger partial charge in [-0.25, -0.2) is 0 Å². The molecule has 0 aromatic heterocycles. The first-order valence-electron chi connectivity index (χ1n) is 7.91. The second-order valence-corrected chi connectivity index (χ2v) is 5.47. The molecular formula is C17H14F2N2O7. The Kier molecular flexibility index (Phi) is 5.43. The van der Waals surface area contributed by atoms with Crippen LogP contribution in [-0.4, -0.2) is 37.8 Å². The van der Waals surface area contributed by atoms with Gasteiger partial charge in [-0.3, -0.25) is 14.9 Å². The molecular weight excluding hydrogens is 382 g/mol. The van der Waals surface area contributed by atoms with Gasteiger partial charge in [0.15, 0.2) is 23.0 Å². The third kappa shape index (κ3) is 4.03. The summed E-state index contributed by atoms with van der Waals surface area (Å²) < 4.78 is 45.0. The van der Waals surface area contributed by atoms with Crippen LogP contribution in [0.15, 0.2) is 30.3 Å². The van der Waals surface area contributed by atoms with Crippen molar-refractivity contribution < 1.29 is 37.4 Å². The van der Waals surface area contributed by atoms with Crippen LogP contribution in [0, 0.1) is 10.1 Å². The zero-order chi connectivity index (χ0) is 20.3. The number of fused-ring (bicyclic) bond motifs is 1. The van der Waals surface area contributed by atoms with Crippen molar-refractivity contribution in [3.05, 3.63) is 46.0 Å². The molecule has 1 aliphatic heterocycles. The third-order valence-corrected chi connectivity index (χ3v) is 3.74. The van der Waals surface area contributed by atoms with E-state index in [1.165, 1.54) is 25.3 Å². The number of alkyl halides is 2. The summed E-state index contributed by atoms with van der Waals surface area (Å²) in [7, 11) is 1.27. The van der Waals surface area contributed by atoms with Crippen molar-refractivity contribution >= 4 is 17.3 Å². The first-order chi connectivity index (χ1) is 13.4. The van der Waals surface area contributed by atoms with Gasteiger partial charge in [-0.15, -0.1) is 0 Å². The fourth-order valence-electron chi connectivity index (χ4n) is 2.55. The second-order valence-electron chi connectivity index (χ2n) is 5.47. The van der Waals surface area contributed by atoms with Crippen molar-refractivity contribution in [2.24, 2.45) is 0 Å². The van der Waals surface area contributed by atoms with Crippen LogP contribution in [0.3, 0.4) is 0 Å². The van der Waals surface area contributed by atoms with Gasteiger partial charge in [0.25, 0.3) is 11.6 Å². The van der Waals surface area contributed by atoms with Crippen LogP contribution >= 0.6 is 0 Å². The van der Waals surface area contributed by atoms with E-state index in [9.17, 15) is 23.7 Å². The molecule has 11 heteroatoms. The number of hydrogen-bond donors (Lipinski definition) is 1. The number of nitrogens with zero attached hydrogens (tertiary/aromatic N) is 1. The number of amides is 1. The molecule has 2 aromatic rings. The number of nitrogens with one attached hydrogen (secondary N) is 1. The number of rotatable bonds is 6. The minimum atomic E-state index is -3.10. The van der Waals surface area contributed by atoms with Gasteiger partial charge in [-0.05, 0) is 12.1 Å². The minimum absolute atomic E-state index is 0.0311. The highest BCUT2D eigenvalue weighted by Gasteiger charge is 2.26. The SMILES string of the molecule is COc1ccc(NC(=O)c2cc3c(cc2[N+](=O)[O-])OCCO3)cc1OC(F)F. The zero-order valence-corrected chi connectivity index (χ0v) is 14.4. The molecule has 0 unspecified atom stereocenters. The van der Waals surface area contributed by atoms with Crippen LogP contribution < -0.4 is 24.3 Å². The van der Waals surface area contributed by atoms with Crippen molar-refractivity contribution in [3.8, 4) is 23.0 Å². The van der Waals surface area contributed by atoms with Gasteiger partial charge in [0.1, 0.15) is 18.8 Å². The van der Waals surface area contributed by atoms with Crippen molar-refractivity contribution in [1.82, 2.24) is 0 Å². The largest absolute Gasteiger partial charge is 0.493 e. The fourth-order valence-corrected chi connectivity index (χ4v) is 2.55. The number of hydrogen-bond acceptors (Lipinski definition) is 7. The lowest BCUT2D eigenvalue weighted by molar-refractivity contribution is -0.385. The molecule has 0 saturated carbocycles. The van der Waals surface area contributed by atoms with Gasteiger partial charge in [-0.1, -0.05) is 0 Å². The lowest BCUT2D eigenvalue weighted by Crippen LogP contribution is -2.18. The molecule has 3 rings (SSSR count). The lowest BCUT2D eigenvalue weighted by Gasteiger charge is -2.19. The predicted molar refractivity (Wildman–Crippen MR) is 91.7 cm³/mol. The summed E-state index contributed by atoms with van der Waals surface area (Å²) in [4.78, 5) is 23.2. The Bertz CT molecular complexity index is 921. The van der Waals surface area contributed by atoms with Crippen LogP contribution in [0.4, 0.5) is 20.2 Å². The first kappa shape index (κ1) is 19.1. The van der Waals surface area contributed by atoms with E-state index in [2.05, 4.69) is 10.1 Å². The summed E-state index contributed by atoms with van der Waals surface area (Å²) in [6, 6.07) is 6.10. The number of methoxy groups -OCH3 is 1. The van der Waals surface area contributed by atoms with Crippen LogP contribution in [0.5, 0.6) is 23.0 Å². The highest BCUT2D eigenvalue weighted by molar-refractivity contribution is 6.07. The number of benzene rings is 2. The Morgan fingerprint density at radius 1 is 1.18 bits per heavy atom. The Hall–Kier alpha value is -3.63. The fraction of sp³-hybridized carbons (Fsp3) is 0.235. The predicted octanol–water partition coefficient (Wildman–Crippen LogP) is 3.23. The molecule has 0 aliphatic carbocycles. The smallest absolute Gasteiger partial charge is 0.387 e. The van der Waals surface area contributed by atoms with E-state index in [1.807, 2.05) is 0 Å². The first-order valence-corrected chi connectivity index (χ1v) is 7.91. The summed E-state index contributed by atoms with van der Waals surface area (Å²) in [6.07, 6.45) is 0. The average molecular weight is 396 g/mol. The summed E-state index contributed by atoms with van der Waals surface area (Å²) in [5.74, 6) is -0.752. The van der Waals surface area contributed by atoms with E-state index in [0.29, 0.717) is 0 Å². The second kappa shape index (κ2) is 7.94. The maximum Gasteiger partial charge on any atom is 0.387 e. The van der Waals surface area contributed by atoms with Crippen LogP contribution in [-0.2, 0) is 0 Å². The summed E-state index contributed by atoms with van der Waals surface area (Å²) >= 11 is 0. The third-order valence-electron chi connectivity index (χ3n) is 3.74. The van der Waals surface area contributed by atoms with Gasteiger partial charge >= 0.3 is 6.61 Å². The molecule has 28 heavy (non-hydrogen) atoms. The van der Waals surface area contributed by atoms with Crippen LogP contribution in [0.25, 0.3) is 0 Å². The summed E-state index contributed by atoms with van der Waals surface area (Å²) in [5, 5.41) is 13.7. The molecule has 0 radical (unpaired) electrons. The van der Waals surface area contributed by atoms with E-state index >= 15 is 0 Å². The number of anilines is 1. The molecule has 1 aliphatic rings. The molecule has 1 amide bonds. The summed E-state index contributed by atoms with van der Waals surface area (Å²) in [6.45, 7) is -2.63. The van der Waals surface area contributed by atoms with E-state index < -0.39 is 23.1 Å². The minimum Gasteiger partial charge on any atom is -0.493 e. The maximum absolute atomic E-state index is 12.6. The molecule has 0 saturated heterocycles. The quantitative estimate of drug-likeness (QED) is 0.590. The van der Waals surface area contributed by atoms with E-state index in [4.69, 9.17) is 14.2 Å². The monoisotopic (exact) mass is 396 g/mol. The Morgan fingerprint density at radius 3 is 2.46 bits per heavy atom. The lowest BCUT2D eigenvalue weighted by atomic mass is 10.1. The normalized spacial score (nSPS) is 12.4. The maximum atomic E-state index is 12.6. The molecule has 0 fully saturated rings. The Morgan fingerprint density at radius 2 is 1.86 bits per heavy atom. The highest BCUT2D eigenvalue weighted by atomic mass is 19.3. The van der Waals surface area contributed by atoms with Gasteiger partial charge in [0, 0.05) is 17.8 Å². The molecule has 2 aromatic carbocycles. The number of halogens is 2. The summed E-state index contributed by atoms with van der Waals surface area (Å²) in [5.41, 5.74) is -0.689. The molecule has 9 nitrogen and oxygen atoms in total. The van der Waals surface area contributed by atoms with Gasteiger partial charge in [0.2, 0.25) is 0 Å². The average Bonchev–Trinajstić information content (AvgIpc) is 2.66. The number of nitro benzene ring substituents is 1. The molecule has 0 atom stereocenters. The van der Waals surface area contributed by atoms with Gasteiger partial charge in [0.05, 0.1) is 18.1 Å². The topological polar surface area (TPSA) is 109 Å². The molecule has 1 N–H and O–H groups in total. The van der Waals surface area contributed by atoms with E-state index in [0.717, 1.165) is 12.1 Å². The molecule has 0 spiro atoms. The van der Waals surface area contributed by atoms with Crippen molar-refractivity contribution in [1.29, 1.82) is 0 Å². The number of carbonyl (C=O) groups is 1. The van der Waals surface area contributed by atoms with Gasteiger partial charge in [-0.2, -0.15) is 8.78 Å². The van der Waals surface area contributed by atoms with Gasteiger partial charge < -0.3 is 24.3 Å². The van der Waals surface area contributed by atoms with Crippen LogP contribution in [0.2, 0.25) is 0 Å². The highest BCUT2D eigenvalue weighted by Crippen LogP contribution is 2.37. The Balaban J connectivity index is 1.91. The van der Waals surface area contributed by atoms with E-state index in [-0.39, 0.29) is 47.5 Å².